The number of carbonyl (C=O) groups excluding carboxylic acids is 1. The van der Waals surface area contributed by atoms with Crippen LogP contribution < -0.4 is 14.9 Å². The molecule has 0 radical (unpaired) electrons. The lowest BCUT2D eigenvalue weighted by Crippen LogP contribution is -2.11. The summed E-state index contributed by atoms with van der Waals surface area (Å²) in [5, 5.41) is 3.88. The molecule has 1 N–H and O–H groups in total. The van der Waals surface area contributed by atoms with E-state index < -0.39 is 23.4 Å². The van der Waals surface area contributed by atoms with Gasteiger partial charge in [-0.1, -0.05) is 12.1 Å². The summed E-state index contributed by atoms with van der Waals surface area (Å²) >= 11 is 0. The number of rotatable bonds is 6. The van der Waals surface area contributed by atoms with E-state index in [0.29, 0.717) is 5.56 Å². The predicted molar refractivity (Wildman–Crippen MR) is 102 cm³/mol. The fourth-order valence-electron chi connectivity index (χ4n) is 2.39. The molecule has 0 heterocycles. The second-order valence-electron chi connectivity index (χ2n) is 5.77. The van der Waals surface area contributed by atoms with Crippen LogP contribution >= 0.6 is 0 Å². The predicted octanol–water partition coefficient (Wildman–Crippen LogP) is 4.78. The van der Waals surface area contributed by atoms with Crippen molar-refractivity contribution in [3.05, 3.63) is 89.2 Å². The number of hydrazone groups is 1. The maximum Gasteiger partial charge on any atom is 0.346 e. The summed E-state index contributed by atoms with van der Waals surface area (Å²) < 4.78 is 50.6. The van der Waals surface area contributed by atoms with E-state index in [-0.39, 0.29) is 22.7 Å². The Kier molecular flexibility index (Phi) is 6.13. The second-order valence-corrected chi connectivity index (χ2v) is 5.77. The normalized spacial score (nSPS) is 10.8. The first-order valence-electron chi connectivity index (χ1n) is 8.37. The van der Waals surface area contributed by atoms with Crippen LogP contribution in [0.1, 0.15) is 15.9 Å². The molecule has 3 aromatic carbocycles. The van der Waals surface area contributed by atoms with Gasteiger partial charge in [0.1, 0.15) is 11.6 Å². The topological polar surface area (TPSA) is 59.9 Å². The zero-order chi connectivity index (χ0) is 20.8. The Morgan fingerprint density at radius 1 is 0.966 bits per heavy atom. The van der Waals surface area contributed by atoms with Gasteiger partial charge in [0.25, 0.3) is 0 Å². The molecule has 0 unspecified atom stereocenters. The SMILES string of the molecule is COc1cc(/C=N/Nc2ccc(F)cc2F)ccc1OC(=O)c1ccccc1F. The van der Waals surface area contributed by atoms with Crippen LogP contribution in [0.25, 0.3) is 0 Å². The van der Waals surface area contributed by atoms with Crippen molar-refractivity contribution in [3.8, 4) is 11.5 Å². The van der Waals surface area contributed by atoms with Gasteiger partial charge >= 0.3 is 5.97 Å². The molecule has 3 aromatic rings. The minimum absolute atomic E-state index is 0.00468. The molecule has 0 aromatic heterocycles. The molecule has 0 aliphatic carbocycles. The van der Waals surface area contributed by atoms with Crippen LogP contribution in [0.3, 0.4) is 0 Å². The second kappa shape index (κ2) is 8.92. The smallest absolute Gasteiger partial charge is 0.346 e. The Morgan fingerprint density at radius 3 is 2.48 bits per heavy atom. The zero-order valence-electron chi connectivity index (χ0n) is 15.2. The van der Waals surface area contributed by atoms with Crippen LogP contribution in [0.15, 0.2) is 65.8 Å². The fraction of sp³-hybridized carbons (Fsp3) is 0.0476. The number of anilines is 1. The molecule has 148 valence electrons. The van der Waals surface area contributed by atoms with Crippen molar-refractivity contribution < 1.29 is 27.4 Å². The van der Waals surface area contributed by atoms with E-state index in [2.05, 4.69) is 10.5 Å². The van der Waals surface area contributed by atoms with Gasteiger partial charge in [0.2, 0.25) is 0 Å². The third-order valence-corrected chi connectivity index (χ3v) is 3.81. The largest absolute Gasteiger partial charge is 0.493 e. The van der Waals surface area contributed by atoms with E-state index >= 15 is 0 Å². The zero-order valence-corrected chi connectivity index (χ0v) is 15.2. The van der Waals surface area contributed by atoms with Crippen LogP contribution in [0.5, 0.6) is 11.5 Å². The highest BCUT2D eigenvalue weighted by Crippen LogP contribution is 2.28. The van der Waals surface area contributed by atoms with Crippen LogP contribution in [-0.4, -0.2) is 19.3 Å². The van der Waals surface area contributed by atoms with Crippen molar-refractivity contribution in [2.24, 2.45) is 5.10 Å². The molecule has 0 aliphatic heterocycles. The first-order valence-corrected chi connectivity index (χ1v) is 8.37. The lowest BCUT2D eigenvalue weighted by molar-refractivity contribution is 0.0725. The van der Waals surface area contributed by atoms with Crippen LogP contribution in [0, 0.1) is 17.5 Å². The quantitative estimate of drug-likeness (QED) is 0.280. The Balaban J connectivity index is 1.73. The molecular formula is C21H15F3N2O3. The molecular weight excluding hydrogens is 385 g/mol. The number of carbonyl (C=O) groups is 1. The van der Waals surface area contributed by atoms with Gasteiger partial charge in [0, 0.05) is 6.07 Å². The number of benzene rings is 3. The molecule has 8 heteroatoms. The number of nitrogens with zero attached hydrogens (tertiary/aromatic N) is 1. The number of nitrogens with one attached hydrogen (secondary N) is 1. The van der Waals surface area contributed by atoms with Crippen LogP contribution in [0.4, 0.5) is 18.9 Å². The number of methoxy groups -OCH3 is 1. The van der Waals surface area contributed by atoms with E-state index in [9.17, 15) is 18.0 Å². The van der Waals surface area contributed by atoms with Crippen LogP contribution in [0.2, 0.25) is 0 Å². The van der Waals surface area contributed by atoms with Gasteiger partial charge in [-0.3, -0.25) is 5.43 Å². The van der Waals surface area contributed by atoms with Crippen molar-refractivity contribution in [2.45, 2.75) is 0 Å². The lowest BCUT2D eigenvalue weighted by atomic mass is 10.2. The van der Waals surface area contributed by atoms with Gasteiger partial charge in [0.05, 0.1) is 24.6 Å². The third kappa shape index (κ3) is 4.92. The van der Waals surface area contributed by atoms with Gasteiger partial charge in [-0.2, -0.15) is 5.10 Å². The average molecular weight is 400 g/mol. The number of hydrogen-bond donors (Lipinski definition) is 1. The summed E-state index contributed by atoms with van der Waals surface area (Å²) in [4.78, 5) is 12.2. The number of halogens is 3. The van der Waals surface area contributed by atoms with Crippen molar-refractivity contribution in [1.29, 1.82) is 0 Å². The number of hydrogen-bond acceptors (Lipinski definition) is 5. The van der Waals surface area contributed by atoms with E-state index in [0.717, 1.165) is 18.2 Å². The lowest BCUT2D eigenvalue weighted by Gasteiger charge is -2.10. The van der Waals surface area contributed by atoms with Gasteiger partial charge in [-0.15, -0.1) is 0 Å². The molecule has 0 fully saturated rings. The highest BCUT2D eigenvalue weighted by Gasteiger charge is 2.16. The summed E-state index contributed by atoms with van der Waals surface area (Å²) in [6, 6.07) is 13.1. The molecule has 29 heavy (non-hydrogen) atoms. The molecule has 0 atom stereocenters. The Labute approximate surface area is 164 Å². The number of ether oxygens (including phenoxy) is 2. The van der Waals surface area contributed by atoms with Crippen molar-refractivity contribution in [2.75, 3.05) is 12.5 Å². The maximum atomic E-state index is 13.7. The summed E-state index contributed by atoms with van der Waals surface area (Å²) in [6.45, 7) is 0. The first-order chi connectivity index (χ1) is 14.0. The molecule has 0 amide bonds. The monoisotopic (exact) mass is 400 g/mol. The van der Waals surface area contributed by atoms with Gasteiger partial charge in [-0.05, 0) is 48.0 Å². The molecule has 0 spiro atoms. The maximum absolute atomic E-state index is 13.7. The Morgan fingerprint density at radius 2 is 1.76 bits per heavy atom. The summed E-state index contributed by atoms with van der Waals surface area (Å²) in [5.41, 5.74) is 2.81. The van der Waals surface area contributed by atoms with Gasteiger partial charge < -0.3 is 9.47 Å². The van der Waals surface area contributed by atoms with E-state index in [4.69, 9.17) is 9.47 Å². The molecule has 5 nitrogen and oxygen atoms in total. The molecule has 0 saturated carbocycles. The summed E-state index contributed by atoms with van der Waals surface area (Å²) in [6.07, 6.45) is 1.37. The average Bonchev–Trinajstić information content (AvgIpc) is 2.70. The van der Waals surface area contributed by atoms with Gasteiger partial charge in [-0.25, -0.2) is 18.0 Å². The minimum Gasteiger partial charge on any atom is -0.493 e. The highest BCUT2D eigenvalue weighted by molar-refractivity contribution is 5.92. The fourth-order valence-corrected chi connectivity index (χ4v) is 2.39. The molecule has 3 rings (SSSR count). The Hall–Kier alpha value is -3.81. The van der Waals surface area contributed by atoms with Crippen molar-refractivity contribution in [1.82, 2.24) is 0 Å². The van der Waals surface area contributed by atoms with Crippen molar-refractivity contribution >= 4 is 17.9 Å². The minimum atomic E-state index is -0.865. The van der Waals surface area contributed by atoms with E-state index in [1.165, 1.54) is 49.7 Å². The Bertz CT molecular complexity index is 1070. The third-order valence-electron chi connectivity index (χ3n) is 3.81. The summed E-state index contributed by atoms with van der Waals surface area (Å²) in [7, 11) is 1.38. The van der Waals surface area contributed by atoms with E-state index in [1.54, 1.807) is 6.07 Å². The highest BCUT2D eigenvalue weighted by atomic mass is 19.1. The molecule has 0 bridgehead atoms. The molecule has 0 aliphatic rings. The van der Waals surface area contributed by atoms with Crippen molar-refractivity contribution in [3.63, 3.8) is 0 Å². The van der Waals surface area contributed by atoms with Crippen LogP contribution in [-0.2, 0) is 0 Å². The van der Waals surface area contributed by atoms with Gasteiger partial charge in [0.15, 0.2) is 17.3 Å². The summed E-state index contributed by atoms with van der Waals surface area (Å²) in [5.74, 6) is -2.73. The standard InChI is InChI=1S/C21H15F3N2O3/c1-28-20-10-13(12-25-26-18-8-7-14(22)11-17(18)24)6-9-19(20)29-21(27)15-4-2-3-5-16(15)23/h2-12,26H,1H3/b25-12+. The first kappa shape index (κ1) is 19.9. The number of esters is 1. The van der Waals surface area contributed by atoms with E-state index in [1.807, 2.05) is 0 Å². The molecule has 0 saturated heterocycles.